The van der Waals surface area contributed by atoms with E-state index in [1.165, 1.54) is 13.8 Å². The van der Waals surface area contributed by atoms with E-state index in [2.05, 4.69) is 30.7 Å². The van der Waals surface area contributed by atoms with Crippen molar-refractivity contribution in [2.75, 3.05) is 0 Å². The molecule has 61 heavy (non-hydrogen) atoms. The molecule has 24 nitrogen and oxygen atoms in total. The van der Waals surface area contributed by atoms with Gasteiger partial charge in [0.25, 0.3) is 22.5 Å². The topological polar surface area (TPSA) is 368 Å². The zero-order chi connectivity index (χ0) is 42.7. The molecule has 0 bridgehead atoms. The molecule has 1 radical (unpaired) electrons. The van der Waals surface area contributed by atoms with Gasteiger partial charge in [0.1, 0.15) is 31.6 Å². The molecule has 0 amide bonds. The van der Waals surface area contributed by atoms with Crippen LogP contribution in [0.4, 0.5) is 34.1 Å². The molecule has 0 atom stereocenters. The first kappa shape index (κ1) is 52.0. The molecular weight excluding hydrogens is 911 g/mol. The number of non-ortho nitro benzene ring substituents is 2. The molecule has 0 N–H and O–H groups in total. The third-order valence-corrected chi connectivity index (χ3v) is 9.18. The molecule has 0 aliphatic carbocycles. The SMILES string of the molecule is Cc1[n-]n(-c2ccccc2)c(=O)c1N=Nc1cc([N+](=O)[O-])cc(S(=O)(=O)[O-])c1[O-].Cc1[n-]n(-c2ccccc2)c(=O)c1N=Nc1cc([N+](=O)[O-])cc(S(=O)(=O)[O-])c1[O-].[Cr+3].[Na+].[Na+]. The van der Waals surface area contributed by atoms with Crippen LogP contribution < -0.4 is 90.6 Å². The number of azo groups is 2. The van der Waals surface area contributed by atoms with E-state index in [0.29, 0.717) is 35.6 Å². The fraction of sp³-hybridized carbons (Fsp3) is 0.0625. The molecule has 0 saturated carbocycles. The van der Waals surface area contributed by atoms with E-state index in [1.54, 1.807) is 60.7 Å². The van der Waals surface area contributed by atoms with Crippen molar-refractivity contribution in [3.05, 3.63) is 137 Å². The van der Waals surface area contributed by atoms with Crippen LogP contribution in [-0.4, -0.2) is 45.2 Å². The molecule has 0 unspecified atom stereocenters. The van der Waals surface area contributed by atoms with Gasteiger partial charge in [-0.1, -0.05) is 61.7 Å². The van der Waals surface area contributed by atoms with Crippen molar-refractivity contribution in [3.63, 3.8) is 0 Å². The van der Waals surface area contributed by atoms with Crippen molar-refractivity contribution in [3.8, 4) is 22.9 Å². The summed E-state index contributed by atoms with van der Waals surface area (Å²) in [6, 6.07) is 18.7. The maximum Gasteiger partial charge on any atom is 3.00 e. The minimum absolute atomic E-state index is 0. The van der Waals surface area contributed by atoms with Crippen LogP contribution >= 0.6 is 0 Å². The summed E-state index contributed by atoms with van der Waals surface area (Å²) in [7, 11) is -10.6. The molecule has 6 rings (SSSR count). The van der Waals surface area contributed by atoms with Crippen LogP contribution in [0.5, 0.6) is 11.5 Å². The number of nitrogens with zero attached hydrogens (tertiary/aromatic N) is 10. The molecule has 6 aromatic rings. The van der Waals surface area contributed by atoms with Gasteiger partial charge >= 0.3 is 76.5 Å². The Bertz CT molecular complexity index is 2810. The molecule has 29 heteroatoms. The molecule has 2 heterocycles. The standard InChI is InChI=1S/2C16H13N5O7S.Cr.2Na/c2*1-9-14(16(23)20(19-9)10-5-3-2-4-6-10)18-17-12-7-11(21(24)25)8-13(15(12)22)29(26,27)28;;;/h2*2-8H,1H3,(H3,17,18,19,22,23,26,27,28);;;/q;;+3;2*+1/p-6. The Labute approximate surface area is 397 Å². The van der Waals surface area contributed by atoms with Crippen LogP contribution in [0.3, 0.4) is 0 Å². The van der Waals surface area contributed by atoms with Gasteiger partial charge < -0.3 is 38.9 Å². The number of nitro groups is 2. The monoisotopic (exact) mass is 930 g/mol. The van der Waals surface area contributed by atoms with Crippen LogP contribution in [0.1, 0.15) is 11.4 Å². The van der Waals surface area contributed by atoms with Gasteiger partial charge in [0, 0.05) is 35.6 Å². The van der Waals surface area contributed by atoms with Crippen molar-refractivity contribution < 1.29 is 122 Å². The third kappa shape index (κ3) is 12.0. The van der Waals surface area contributed by atoms with E-state index in [0.717, 1.165) is 9.36 Å². The number of hydrogen-bond donors (Lipinski definition) is 0. The summed E-state index contributed by atoms with van der Waals surface area (Å²) >= 11 is 0. The van der Waals surface area contributed by atoms with Crippen molar-refractivity contribution in [1.82, 2.24) is 19.6 Å². The summed E-state index contributed by atoms with van der Waals surface area (Å²) in [5.41, 5.74) is -3.91. The first-order valence-corrected chi connectivity index (χ1v) is 18.4. The van der Waals surface area contributed by atoms with E-state index >= 15 is 0 Å². The van der Waals surface area contributed by atoms with Crippen molar-refractivity contribution in [2.45, 2.75) is 23.6 Å². The predicted octanol–water partition coefficient (Wildman–Crippen LogP) is -3.19. The molecule has 0 aliphatic heterocycles. The maximum absolute atomic E-state index is 12.5. The number of aryl methyl sites for hydroxylation is 2. The van der Waals surface area contributed by atoms with Gasteiger partial charge in [-0.05, 0) is 24.3 Å². The summed E-state index contributed by atoms with van der Waals surface area (Å²) in [6.07, 6.45) is 0. The summed E-state index contributed by atoms with van der Waals surface area (Å²) < 4.78 is 69.3. The zero-order valence-electron chi connectivity index (χ0n) is 31.5. The summed E-state index contributed by atoms with van der Waals surface area (Å²) in [4.78, 5) is 42.3. The van der Waals surface area contributed by atoms with Crippen LogP contribution in [0.25, 0.3) is 11.4 Å². The molecule has 303 valence electrons. The number of rotatable bonds is 10. The Hall–Kier alpha value is -5.15. The summed E-state index contributed by atoms with van der Waals surface area (Å²) in [5.74, 6) is -2.73. The second-order valence-electron chi connectivity index (χ2n) is 11.4. The van der Waals surface area contributed by atoms with Crippen LogP contribution in [0, 0.1) is 34.1 Å². The Morgan fingerprint density at radius 1 is 0.574 bits per heavy atom. The minimum Gasteiger partial charge on any atom is -0.870 e. The van der Waals surface area contributed by atoms with Crippen molar-refractivity contribution in [1.29, 1.82) is 0 Å². The molecule has 0 fully saturated rings. The molecule has 0 saturated heterocycles. The fourth-order valence-corrected chi connectivity index (χ4v) is 5.99. The first-order valence-electron chi connectivity index (χ1n) is 15.6. The molecular formula is C32H20CrN10Na2O14S2-. The number of benzene rings is 4. The molecule has 0 spiro atoms. The van der Waals surface area contributed by atoms with Gasteiger partial charge in [0.05, 0.1) is 31.0 Å². The largest absolute Gasteiger partial charge is 3.00 e. The van der Waals surface area contributed by atoms with E-state index in [-0.39, 0.29) is 99.2 Å². The Morgan fingerprint density at radius 3 is 1.16 bits per heavy atom. The number of para-hydroxylation sites is 2. The second kappa shape index (κ2) is 21.1. The Kier molecular flexibility index (Phi) is 18.0. The smallest absolute Gasteiger partial charge is 0.870 e. The van der Waals surface area contributed by atoms with E-state index < -0.39 is 85.2 Å². The van der Waals surface area contributed by atoms with Gasteiger partial charge in [0.2, 0.25) is 0 Å². The summed E-state index contributed by atoms with van der Waals surface area (Å²) in [6.45, 7) is 2.91. The predicted molar refractivity (Wildman–Crippen MR) is 190 cm³/mol. The molecule has 4 aromatic carbocycles. The number of hydrogen-bond acceptors (Lipinski definition) is 18. The second-order valence-corrected chi connectivity index (χ2v) is 14.1. The van der Waals surface area contributed by atoms with Crippen LogP contribution in [0.15, 0.2) is 125 Å². The van der Waals surface area contributed by atoms with Crippen LogP contribution in [-0.2, 0) is 37.6 Å². The van der Waals surface area contributed by atoms with E-state index in [1.807, 2.05) is 0 Å². The van der Waals surface area contributed by atoms with Gasteiger partial charge in [0.15, 0.2) is 0 Å². The van der Waals surface area contributed by atoms with Crippen LogP contribution in [0.2, 0.25) is 0 Å². The Morgan fingerprint density at radius 2 is 0.885 bits per heavy atom. The van der Waals surface area contributed by atoms with Crippen molar-refractivity contribution in [2.24, 2.45) is 20.5 Å². The van der Waals surface area contributed by atoms with E-state index in [4.69, 9.17) is 0 Å². The molecule has 0 aliphatic rings. The number of nitro benzene ring substituents is 2. The Balaban J connectivity index is 0.000000400. The first-order chi connectivity index (χ1) is 27.2. The summed E-state index contributed by atoms with van der Waals surface area (Å²) in [5, 5.41) is 68.5. The normalized spacial score (nSPS) is 11.2. The van der Waals surface area contributed by atoms with Gasteiger partial charge in [-0.25, -0.2) is 16.8 Å². The molecule has 2 aromatic heterocycles. The number of aromatic nitrogens is 4. The maximum atomic E-state index is 12.5. The van der Waals surface area contributed by atoms with Crippen molar-refractivity contribution >= 4 is 54.4 Å². The third-order valence-electron chi connectivity index (χ3n) is 7.49. The van der Waals surface area contributed by atoms with Gasteiger partial charge in [-0.2, -0.15) is 10.2 Å². The van der Waals surface area contributed by atoms with Gasteiger partial charge in [-0.15, -0.1) is 21.6 Å². The fourth-order valence-electron chi connectivity index (χ4n) is 4.80. The van der Waals surface area contributed by atoms with E-state index in [9.17, 15) is 66.0 Å². The van der Waals surface area contributed by atoms with Gasteiger partial charge in [-0.3, -0.25) is 29.8 Å². The average molecular weight is 931 g/mol. The zero-order valence-corrected chi connectivity index (χ0v) is 38.4. The minimum atomic E-state index is -5.29. The quantitative estimate of drug-likeness (QED) is 0.0429. The average Bonchev–Trinajstić information content (AvgIpc) is 3.61.